The molecule has 2 aliphatic rings. The molecule has 12 heavy (non-hydrogen) atoms. The summed E-state index contributed by atoms with van der Waals surface area (Å²) >= 11 is 0. The first kappa shape index (κ1) is 8.52. The van der Waals surface area contributed by atoms with Crippen molar-refractivity contribution in [3.63, 3.8) is 0 Å². The van der Waals surface area contributed by atoms with Crippen molar-refractivity contribution >= 4 is 0 Å². The Morgan fingerprint density at radius 2 is 1.67 bits per heavy atom. The molecule has 0 spiro atoms. The molecule has 0 heterocycles. The standard InChI is InChI=1S/C10H20N2/c11-12-10-6-5-8-3-1-2-4-9(8)7-10/h8-10,12H,1-7,11H2/t8-,9-,10-/m1/s1. The maximum absolute atomic E-state index is 5.48. The molecule has 0 aromatic heterocycles. The lowest BCUT2D eigenvalue weighted by molar-refractivity contribution is 0.144. The third kappa shape index (κ3) is 1.64. The second-order valence-corrected chi connectivity index (χ2v) is 4.48. The first-order valence-electron chi connectivity index (χ1n) is 5.36. The first-order chi connectivity index (χ1) is 5.90. The lowest BCUT2D eigenvalue weighted by Crippen LogP contribution is -2.42. The van der Waals surface area contributed by atoms with Crippen molar-refractivity contribution in [2.45, 2.75) is 51.0 Å². The number of fused-ring (bicyclic) bond motifs is 1. The van der Waals surface area contributed by atoms with E-state index in [0.717, 1.165) is 11.8 Å². The Labute approximate surface area is 74.9 Å². The number of hydrogen-bond acceptors (Lipinski definition) is 2. The van der Waals surface area contributed by atoms with Crippen LogP contribution in [0.1, 0.15) is 44.9 Å². The molecular weight excluding hydrogens is 148 g/mol. The van der Waals surface area contributed by atoms with Crippen LogP contribution in [-0.2, 0) is 0 Å². The van der Waals surface area contributed by atoms with Gasteiger partial charge in [-0.05, 0) is 31.1 Å². The summed E-state index contributed by atoms with van der Waals surface area (Å²) in [6, 6.07) is 0.615. The lowest BCUT2D eigenvalue weighted by atomic mass is 9.69. The topological polar surface area (TPSA) is 38.0 Å². The fraction of sp³-hybridized carbons (Fsp3) is 1.00. The maximum atomic E-state index is 5.48. The van der Waals surface area contributed by atoms with Gasteiger partial charge in [0.05, 0.1) is 0 Å². The van der Waals surface area contributed by atoms with Gasteiger partial charge in [0, 0.05) is 6.04 Å². The van der Waals surface area contributed by atoms with Crippen LogP contribution in [0.5, 0.6) is 0 Å². The Morgan fingerprint density at radius 3 is 2.42 bits per heavy atom. The van der Waals surface area contributed by atoms with Gasteiger partial charge in [0.15, 0.2) is 0 Å². The highest BCUT2D eigenvalue weighted by Gasteiger charge is 2.31. The smallest absolute Gasteiger partial charge is 0.0213 e. The molecule has 0 saturated heterocycles. The van der Waals surface area contributed by atoms with E-state index in [1.807, 2.05) is 0 Å². The van der Waals surface area contributed by atoms with Crippen LogP contribution < -0.4 is 11.3 Å². The molecule has 3 N–H and O–H groups in total. The second-order valence-electron chi connectivity index (χ2n) is 4.48. The van der Waals surface area contributed by atoms with E-state index in [0.29, 0.717) is 6.04 Å². The zero-order valence-electron chi connectivity index (χ0n) is 7.76. The van der Waals surface area contributed by atoms with E-state index in [2.05, 4.69) is 5.43 Å². The van der Waals surface area contributed by atoms with Crippen LogP contribution in [0.15, 0.2) is 0 Å². The Bertz CT molecular complexity index is 147. The minimum atomic E-state index is 0.615. The third-order valence-corrected chi connectivity index (χ3v) is 3.78. The van der Waals surface area contributed by atoms with Crippen molar-refractivity contribution in [3.8, 4) is 0 Å². The van der Waals surface area contributed by atoms with Gasteiger partial charge in [0.2, 0.25) is 0 Å². The molecule has 3 atom stereocenters. The molecule has 0 aliphatic heterocycles. The van der Waals surface area contributed by atoms with Gasteiger partial charge < -0.3 is 0 Å². The number of rotatable bonds is 1. The van der Waals surface area contributed by atoms with Crippen LogP contribution in [0.2, 0.25) is 0 Å². The maximum Gasteiger partial charge on any atom is 0.0213 e. The van der Waals surface area contributed by atoms with Crippen molar-refractivity contribution in [2.24, 2.45) is 17.7 Å². The van der Waals surface area contributed by atoms with Crippen molar-refractivity contribution in [1.29, 1.82) is 0 Å². The highest BCUT2D eigenvalue weighted by molar-refractivity contribution is 4.85. The predicted molar refractivity (Wildman–Crippen MR) is 50.4 cm³/mol. The molecule has 2 fully saturated rings. The van der Waals surface area contributed by atoms with Gasteiger partial charge in [-0.1, -0.05) is 25.7 Å². The summed E-state index contributed by atoms with van der Waals surface area (Å²) in [6.45, 7) is 0. The first-order valence-corrected chi connectivity index (χ1v) is 5.36. The van der Waals surface area contributed by atoms with Crippen LogP contribution in [0.3, 0.4) is 0 Å². The summed E-state index contributed by atoms with van der Waals surface area (Å²) in [4.78, 5) is 0. The summed E-state index contributed by atoms with van der Waals surface area (Å²) in [5, 5.41) is 0. The SMILES string of the molecule is NN[C@@H]1CC[C@H]2CCCC[C@@H]2C1. The van der Waals surface area contributed by atoms with Gasteiger partial charge in [-0.3, -0.25) is 11.3 Å². The van der Waals surface area contributed by atoms with Crippen LogP contribution in [0.4, 0.5) is 0 Å². The van der Waals surface area contributed by atoms with Crippen molar-refractivity contribution in [2.75, 3.05) is 0 Å². The zero-order valence-corrected chi connectivity index (χ0v) is 7.76. The Morgan fingerprint density at radius 1 is 0.917 bits per heavy atom. The summed E-state index contributed by atoms with van der Waals surface area (Å²) in [5.74, 6) is 7.51. The fourth-order valence-electron chi connectivity index (χ4n) is 3.02. The Balaban J connectivity index is 1.90. The molecule has 2 rings (SSSR count). The molecule has 0 radical (unpaired) electrons. The van der Waals surface area contributed by atoms with E-state index >= 15 is 0 Å². The molecular formula is C10H20N2. The highest BCUT2D eigenvalue weighted by Crippen LogP contribution is 2.40. The summed E-state index contributed by atoms with van der Waals surface area (Å²) in [7, 11) is 0. The quantitative estimate of drug-likeness (QED) is 0.463. The molecule has 0 bridgehead atoms. The fourth-order valence-corrected chi connectivity index (χ4v) is 3.02. The van der Waals surface area contributed by atoms with Crippen LogP contribution in [-0.4, -0.2) is 6.04 Å². The van der Waals surface area contributed by atoms with Crippen LogP contribution in [0, 0.1) is 11.8 Å². The van der Waals surface area contributed by atoms with Crippen LogP contribution in [0.25, 0.3) is 0 Å². The van der Waals surface area contributed by atoms with E-state index in [9.17, 15) is 0 Å². The molecule has 0 aromatic rings. The minimum absolute atomic E-state index is 0.615. The Hall–Kier alpha value is -0.0800. The third-order valence-electron chi connectivity index (χ3n) is 3.78. The normalized spacial score (nSPS) is 42.2. The second kappa shape index (κ2) is 3.75. The molecule has 0 unspecified atom stereocenters. The summed E-state index contributed by atoms with van der Waals surface area (Å²) in [5.41, 5.74) is 2.94. The molecule has 0 amide bonds. The van der Waals surface area contributed by atoms with E-state index in [-0.39, 0.29) is 0 Å². The monoisotopic (exact) mass is 168 g/mol. The molecule has 2 saturated carbocycles. The molecule has 2 aliphatic carbocycles. The van der Waals surface area contributed by atoms with Gasteiger partial charge in [-0.2, -0.15) is 0 Å². The van der Waals surface area contributed by atoms with Gasteiger partial charge >= 0.3 is 0 Å². The molecule has 0 aromatic carbocycles. The van der Waals surface area contributed by atoms with Crippen molar-refractivity contribution in [3.05, 3.63) is 0 Å². The molecule has 70 valence electrons. The van der Waals surface area contributed by atoms with Gasteiger partial charge in [0.25, 0.3) is 0 Å². The lowest BCUT2D eigenvalue weighted by Gasteiger charge is -2.39. The average Bonchev–Trinajstić information content (AvgIpc) is 2.17. The number of hydrogen-bond donors (Lipinski definition) is 2. The number of nitrogens with one attached hydrogen (secondary N) is 1. The highest BCUT2D eigenvalue weighted by atomic mass is 15.2. The predicted octanol–water partition coefficient (Wildman–Crippen LogP) is 1.81. The number of nitrogens with two attached hydrogens (primary N) is 1. The zero-order chi connectivity index (χ0) is 8.39. The Kier molecular flexibility index (Phi) is 2.66. The largest absolute Gasteiger partial charge is 0.271 e. The van der Waals surface area contributed by atoms with E-state index in [1.165, 1.54) is 44.9 Å². The van der Waals surface area contributed by atoms with E-state index in [1.54, 1.807) is 0 Å². The van der Waals surface area contributed by atoms with E-state index < -0.39 is 0 Å². The minimum Gasteiger partial charge on any atom is -0.271 e. The van der Waals surface area contributed by atoms with Crippen LogP contribution >= 0.6 is 0 Å². The van der Waals surface area contributed by atoms with Gasteiger partial charge in [0.1, 0.15) is 0 Å². The van der Waals surface area contributed by atoms with E-state index in [4.69, 9.17) is 5.84 Å². The summed E-state index contributed by atoms with van der Waals surface area (Å²) < 4.78 is 0. The number of hydrazine groups is 1. The average molecular weight is 168 g/mol. The van der Waals surface area contributed by atoms with Crippen molar-refractivity contribution < 1.29 is 0 Å². The molecule has 2 nitrogen and oxygen atoms in total. The van der Waals surface area contributed by atoms with Gasteiger partial charge in [-0.15, -0.1) is 0 Å². The van der Waals surface area contributed by atoms with Crippen molar-refractivity contribution in [1.82, 2.24) is 5.43 Å². The molecule has 2 heteroatoms. The van der Waals surface area contributed by atoms with Gasteiger partial charge in [-0.25, -0.2) is 0 Å². The summed E-state index contributed by atoms with van der Waals surface area (Å²) in [6.07, 6.45) is 9.93.